The Hall–Kier alpha value is -1.99. The Labute approximate surface area is 167 Å². The third kappa shape index (κ3) is 4.70. The smallest absolute Gasteiger partial charge is 0.237 e. The molecule has 7 heteroatoms. The van der Waals surface area contributed by atoms with Crippen LogP contribution in [0.5, 0.6) is 0 Å². The molecule has 1 heterocycles. The average Bonchev–Trinajstić information content (AvgIpc) is 3.14. The molecule has 0 aliphatic carbocycles. The van der Waals surface area contributed by atoms with Crippen LogP contribution in [0.25, 0.3) is 0 Å². The SMILES string of the molecule is CC(C)N(CC(=O)N1CCSC1c1ccc(F)cc1)Cc1c(F)cccc1F. The third-order valence-electron chi connectivity index (χ3n) is 4.86. The van der Waals surface area contributed by atoms with Gasteiger partial charge in [0.15, 0.2) is 0 Å². The van der Waals surface area contributed by atoms with Crippen molar-refractivity contribution in [1.29, 1.82) is 0 Å². The van der Waals surface area contributed by atoms with E-state index in [4.69, 9.17) is 0 Å². The summed E-state index contributed by atoms with van der Waals surface area (Å²) < 4.78 is 41.3. The molecule has 3 nitrogen and oxygen atoms in total. The summed E-state index contributed by atoms with van der Waals surface area (Å²) in [6.07, 6.45) is 0. The van der Waals surface area contributed by atoms with E-state index >= 15 is 0 Å². The Morgan fingerprint density at radius 2 is 1.79 bits per heavy atom. The second-order valence-corrected chi connectivity index (χ2v) is 8.25. The van der Waals surface area contributed by atoms with E-state index in [9.17, 15) is 18.0 Å². The Morgan fingerprint density at radius 3 is 2.39 bits per heavy atom. The Bertz CT molecular complexity index is 809. The first-order valence-corrected chi connectivity index (χ1v) is 10.2. The quantitative estimate of drug-likeness (QED) is 0.699. The molecule has 1 amide bonds. The van der Waals surface area contributed by atoms with Gasteiger partial charge in [-0.1, -0.05) is 18.2 Å². The van der Waals surface area contributed by atoms with Gasteiger partial charge in [0, 0.05) is 30.4 Å². The van der Waals surface area contributed by atoms with E-state index in [1.165, 1.54) is 30.3 Å². The number of amides is 1. The molecule has 0 spiro atoms. The molecule has 1 unspecified atom stereocenters. The lowest BCUT2D eigenvalue weighted by molar-refractivity contribution is -0.133. The van der Waals surface area contributed by atoms with Gasteiger partial charge in [0.05, 0.1) is 6.54 Å². The zero-order chi connectivity index (χ0) is 20.3. The molecular weight excluding hydrogens is 385 g/mol. The highest BCUT2D eigenvalue weighted by atomic mass is 32.2. The number of halogens is 3. The predicted molar refractivity (Wildman–Crippen MR) is 105 cm³/mol. The van der Waals surface area contributed by atoms with E-state index in [1.54, 1.807) is 33.7 Å². The van der Waals surface area contributed by atoms with E-state index in [-0.39, 0.29) is 41.8 Å². The molecule has 0 N–H and O–H groups in total. The van der Waals surface area contributed by atoms with Gasteiger partial charge in [0.2, 0.25) is 5.91 Å². The molecule has 0 saturated carbocycles. The maximum atomic E-state index is 14.0. The van der Waals surface area contributed by atoms with Crippen molar-refractivity contribution in [2.75, 3.05) is 18.8 Å². The van der Waals surface area contributed by atoms with Crippen molar-refractivity contribution in [2.24, 2.45) is 0 Å². The number of benzene rings is 2. The third-order valence-corrected chi connectivity index (χ3v) is 6.12. The topological polar surface area (TPSA) is 23.6 Å². The summed E-state index contributed by atoms with van der Waals surface area (Å²) in [6.45, 7) is 4.45. The van der Waals surface area contributed by atoms with Gasteiger partial charge in [-0.2, -0.15) is 0 Å². The minimum atomic E-state index is -0.612. The van der Waals surface area contributed by atoms with Crippen molar-refractivity contribution in [1.82, 2.24) is 9.80 Å². The maximum Gasteiger partial charge on any atom is 0.237 e. The lowest BCUT2D eigenvalue weighted by atomic mass is 10.1. The van der Waals surface area contributed by atoms with Crippen LogP contribution >= 0.6 is 11.8 Å². The summed E-state index contributed by atoms with van der Waals surface area (Å²) in [4.78, 5) is 16.5. The molecule has 150 valence electrons. The molecule has 2 aromatic carbocycles. The average molecular weight is 408 g/mol. The van der Waals surface area contributed by atoms with Crippen LogP contribution in [0, 0.1) is 17.5 Å². The molecule has 0 bridgehead atoms. The van der Waals surface area contributed by atoms with Gasteiger partial charge in [-0.05, 0) is 43.7 Å². The first-order chi connectivity index (χ1) is 13.4. The van der Waals surface area contributed by atoms with E-state index in [1.807, 2.05) is 13.8 Å². The van der Waals surface area contributed by atoms with Crippen LogP contribution in [0.2, 0.25) is 0 Å². The molecule has 28 heavy (non-hydrogen) atoms. The second-order valence-electron chi connectivity index (χ2n) is 7.06. The lowest BCUT2D eigenvalue weighted by Crippen LogP contribution is -2.42. The van der Waals surface area contributed by atoms with Gasteiger partial charge in [-0.3, -0.25) is 9.69 Å². The summed E-state index contributed by atoms with van der Waals surface area (Å²) in [5, 5.41) is -0.174. The highest BCUT2D eigenvalue weighted by Crippen LogP contribution is 2.38. The predicted octanol–water partition coefficient (Wildman–Crippen LogP) is 4.59. The minimum Gasteiger partial charge on any atom is -0.325 e. The van der Waals surface area contributed by atoms with Crippen LogP contribution in [0.4, 0.5) is 13.2 Å². The van der Waals surface area contributed by atoms with Crippen LogP contribution in [-0.4, -0.2) is 40.6 Å². The van der Waals surface area contributed by atoms with Crippen LogP contribution in [0.15, 0.2) is 42.5 Å². The van der Waals surface area contributed by atoms with Crippen molar-refractivity contribution in [3.05, 3.63) is 71.0 Å². The number of carbonyl (C=O) groups is 1. The summed E-state index contributed by atoms with van der Waals surface area (Å²) in [5.74, 6) is -0.859. The monoisotopic (exact) mass is 408 g/mol. The lowest BCUT2D eigenvalue weighted by Gasteiger charge is -2.30. The van der Waals surface area contributed by atoms with Crippen molar-refractivity contribution in [3.8, 4) is 0 Å². The zero-order valence-electron chi connectivity index (χ0n) is 15.9. The van der Waals surface area contributed by atoms with E-state index in [0.717, 1.165) is 11.3 Å². The van der Waals surface area contributed by atoms with Crippen LogP contribution < -0.4 is 0 Å². The van der Waals surface area contributed by atoms with Crippen molar-refractivity contribution < 1.29 is 18.0 Å². The molecule has 3 rings (SSSR count). The number of nitrogens with zero attached hydrogens (tertiary/aromatic N) is 2. The number of rotatable bonds is 6. The molecule has 2 aromatic rings. The van der Waals surface area contributed by atoms with Gasteiger partial charge >= 0.3 is 0 Å². The van der Waals surface area contributed by atoms with Crippen LogP contribution in [0.3, 0.4) is 0 Å². The molecule has 0 radical (unpaired) electrons. The first-order valence-electron chi connectivity index (χ1n) is 9.20. The van der Waals surface area contributed by atoms with Gasteiger partial charge in [0.25, 0.3) is 0 Å². The number of carbonyl (C=O) groups excluding carboxylic acids is 1. The normalized spacial score (nSPS) is 17.0. The number of hydrogen-bond acceptors (Lipinski definition) is 3. The molecule has 1 aliphatic heterocycles. The zero-order valence-corrected chi connectivity index (χ0v) is 16.7. The molecule has 1 fully saturated rings. The minimum absolute atomic E-state index is 0.0180. The highest BCUT2D eigenvalue weighted by Gasteiger charge is 2.32. The highest BCUT2D eigenvalue weighted by molar-refractivity contribution is 7.99. The van der Waals surface area contributed by atoms with Gasteiger partial charge in [0.1, 0.15) is 22.8 Å². The van der Waals surface area contributed by atoms with Crippen LogP contribution in [-0.2, 0) is 11.3 Å². The van der Waals surface area contributed by atoms with Crippen molar-refractivity contribution >= 4 is 17.7 Å². The van der Waals surface area contributed by atoms with E-state index in [0.29, 0.717) is 6.54 Å². The largest absolute Gasteiger partial charge is 0.325 e. The molecule has 1 saturated heterocycles. The molecule has 1 aliphatic rings. The standard InChI is InChI=1S/C21H23F3N2OS/c1-14(2)25(12-17-18(23)4-3-5-19(17)24)13-20(27)26-10-11-28-21(26)15-6-8-16(22)9-7-15/h3-9,14,21H,10-13H2,1-2H3. The fourth-order valence-electron chi connectivity index (χ4n) is 3.20. The van der Waals surface area contributed by atoms with Gasteiger partial charge < -0.3 is 4.90 Å². The Morgan fingerprint density at radius 1 is 1.14 bits per heavy atom. The van der Waals surface area contributed by atoms with Gasteiger partial charge in [-0.15, -0.1) is 11.8 Å². The Kier molecular flexibility index (Phi) is 6.67. The van der Waals surface area contributed by atoms with E-state index < -0.39 is 11.6 Å². The van der Waals surface area contributed by atoms with Gasteiger partial charge in [-0.25, -0.2) is 13.2 Å². The molecular formula is C21H23F3N2OS. The van der Waals surface area contributed by atoms with E-state index in [2.05, 4.69) is 0 Å². The summed E-state index contributed by atoms with van der Waals surface area (Å²) >= 11 is 1.63. The summed E-state index contributed by atoms with van der Waals surface area (Å²) in [6, 6.07) is 9.86. The fourth-order valence-corrected chi connectivity index (χ4v) is 4.48. The molecule has 0 aromatic heterocycles. The first kappa shape index (κ1) is 20.7. The number of hydrogen-bond donors (Lipinski definition) is 0. The Balaban J connectivity index is 1.74. The number of thioether (sulfide) groups is 1. The maximum absolute atomic E-state index is 14.0. The summed E-state index contributed by atoms with van der Waals surface area (Å²) in [5.41, 5.74) is 0.836. The van der Waals surface area contributed by atoms with Crippen LogP contribution in [0.1, 0.15) is 30.3 Å². The molecule has 1 atom stereocenters. The second kappa shape index (κ2) is 9.01. The fraction of sp³-hybridized carbons (Fsp3) is 0.381. The summed E-state index contributed by atoms with van der Waals surface area (Å²) in [7, 11) is 0. The van der Waals surface area contributed by atoms with Crippen molar-refractivity contribution in [2.45, 2.75) is 31.8 Å². The van der Waals surface area contributed by atoms with Crippen molar-refractivity contribution in [3.63, 3.8) is 0 Å².